The SMILES string of the molecule is O=C(c1ccc(Oc2ccc(F)cc2)cc1)N1CC2CC1CN2CCc1ccc(F)cc1Cl. The second-order valence-electron chi connectivity index (χ2n) is 8.56. The highest BCUT2D eigenvalue weighted by molar-refractivity contribution is 6.31. The highest BCUT2D eigenvalue weighted by atomic mass is 35.5. The normalized spacial score (nSPS) is 19.8. The second-order valence-corrected chi connectivity index (χ2v) is 8.97. The number of ether oxygens (including phenoxy) is 1. The molecule has 2 aliphatic rings. The maximum absolute atomic E-state index is 13.3. The van der Waals surface area contributed by atoms with Crippen molar-refractivity contribution >= 4 is 17.5 Å². The Labute approximate surface area is 196 Å². The van der Waals surface area contributed by atoms with Gasteiger partial charge >= 0.3 is 0 Å². The number of nitrogens with zero attached hydrogens (tertiary/aromatic N) is 2. The summed E-state index contributed by atoms with van der Waals surface area (Å²) in [4.78, 5) is 17.4. The molecule has 5 rings (SSSR count). The lowest BCUT2D eigenvalue weighted by Gasteiger charge is -2.34. The third kappa shape index (κ3) is 4.72. The van der Waals surface area contributed by atoms with Crippen LogP contribution < -0.4 is 4.74 Å². The lowest BCUT2D eigenvalue weighted by atomic mass is 10.1. The van der Waals surface area contributed by atoms with E-state index >= 15 is 0 Å². The Morgan fingerprint density at radius 3 is 2.21 bits per heavy atom. The van der Waals surface area contributed by atoms with Crippen LogP contribution in [0.15, 0.2) is 66.7 Å². The molecule has 0 N–H and O–H groups in total. The van der Waals surface area contributed by atoms with E-state index in [-0.39, 0.29) is 23.6 Å². The first kappa shape index (κ1) is 21.9. The van der Waals surface area contributed by atoms with E-state index in [1.54, 1.807) is 42.5 Å². The molecule has 2 heterocycles. The number of amides is 1. The number of hydrogen-bond donors (Lipinski definition) is 0. The van der Waals surface area contributed by atoms with Gasteiger partial charge < -0.3 is 9.64 Å². The van der Waals surface area contributed by atoms with Crippen molar-refractivity contribution in [3.05, 3.63) is 94.5 Å². The van der Waals surface area contributed by atoms with Crippen molar-refractivity contribution in [2.24, 2.45) is 0 Å². The van der Waals surface area contributed by atoms with Gasteiger partial charge in [-0.2, -0.15) is 0 Å². The number of likely N-dealkylation sites (tertiary alicyclic amines) is 2. The van der Waals surface area contributed by atoms with E-state index in [0.29, 0.717) is 34.7 Å². The average molecular weight is 469 g/mol. The predicted octanol–water partition coefficient (Wildman–Crippen LogP) is 5.55. The number of carbonyl (C=O) groups excluding carboxylic acids is 1. The van der Waals surface area contributed by atoms with Gasteiger partial charge in [-0.1, -0.05) is 17.7 Å². The number of benzene rings is 3. The molecule has 2 unspecified atom stereocenters. The summed E-state index contributed by atoms with van der Waals surface area (Å²) in [5, 5.41) is 0.461. The standard InChI is InChI=1S/C26H23ClF2N2O2/c27-25-13-20(29)4-1-17(25)11-12-30-15-22-14-21(30)16-31(22)26(32)18-2-7-23(8-3-18)33-24-9-5-19(28)6-10-24/h1-10,13,21-22H,11-12,14-16H2. The van der Waals surface area contributed by atoms with Gasteiger partial charge in [-0.3, -0.25) is 9.69 Å². The Kier molecular flexibility index (Phi) is 6.04. The Morgan fingerprint density at radius 1 is 0.909 bits per heavy atom. The summed E-state index contributed by atoms with van der Waals surface area (Å²) in [6.45, 7) is 2.37. The minimum atomic E-state index is -0.326. The largest absolute Gasteiger partial charge is 0.457 e. The second kappa shape index (κ2) is 9.12. The Balaban J connectivity index is 1.16. The van der Waals surface area contributed by atoms with Crippen LogP contribution in [0.4, 0.5) is 8.78 Å². The van der Waals surface area contributed by atoms with Gasteiger partial charge in [0.15, 0.2) is 0 Å². The first-order valence-corrected chi connectivity index (χ1v) is 11.4. The molecule has 33 heavy (non-hydrogen) atoms. The van der Waals surface area contributed by atoms with Gasteiger partial charge in [-0.25, -0.2) is 8.78 Å². The van der Waals surface area contributed by atoms with Crippen LogP contribution in [0, 0.1) is 11.6 Å². The third-order valence-electron chi connectivity index (χ3n) is 6.45. The molecule has 1 amide bonds. The number of carbonyl (C=O) groups is 1. The summed E-state index contributed by atoms with van der Waals surface area (Å²) < 4.78 is 32.0. The van der Waals surface area contributed by atoms with Gasteiger partial charge in [-0.15, -0.1) is 0 Å². The summed E-state index contributed by atoms with van der Waals surface area (Å²) >= 11 is 6.15. The van der Waals surface area contributed by atoms with Crippen LogP contribution in [-0.4, -0.2) is 47.4 Å². The number of hydrogen-bond acceptors (Lipinski definition) is 3. The molecule has 3 aromatic carbocycles. The molecule has 2 saturated heterocycles. The average Bonchev–Trinajstić information content (AvgIpc) is 3.41. The molecule has 2 atom stereocenters. The van der Waals surface area contributed by atoms with Gasteiger partial charge in [0.05, 0.1) is 0 Å². The summed E-state index contributed by atoms with van der Waals surface area (Å²) in [6, 6.07) is 17.9. The van der Waals surface area contributed by atoms with Crippen molar-refractivity contribution in [3.8, 4) is 11.5 Å². The van der Waals surface area contributed by atoms with E-state index in [0.717, 1.165) is 31.5 Å². The van der Waals surface area contributed by atoms with E-state index in [4.69, 9.17) is 16.3 Å². The number of halogens is 3. The van der Waals surface area contributed by atoms with Crippen molar-refractivity contribution in [1.82, 2.24) is 9.80 Å². The molecule has 7 heteroatoms. The van der Waals surface area contributed by atoms with Crippen LogP contribution in [-0.2, 0) is 6.42 Å². The molecular formula is C26H23ClF2N2O2. The third-order valence-corrected chi connectivity index (χ3v) is 6.80. The highest BCUT2D eigenvalue weighted by Crippen LogP contribution is 2.33. The minimum absolute atomic E-state index is 0.0251. The van der Waals surface area contributed by atoms with Crippen LogP contribution in [0.5, 0.6) is 11.5 Å². The van der Waals surface area contributed by atoms with Crippen molar-refractivity contribution in [2.45, 2.75) is 24.9 Å². The summed E-state index contributed by atoms with van der Waals surface area (Å²) in [7, 11) is 0. The molecule has 170 valence electrons. The zero-order chi connectivity index (χ0) is 22.9. The lowest BCUT2D eigenvalue weighted by Crippen LogP contribution is -2.49. The molecule has 3 aromatic rings. The fourth-order valence-electron chi connectivity index (χ4n) is 4.73. The molecule has 0 aliphatic carbocycles. The molecule has 0 saturated carbocycles. The van der Waals surface area contributed by atoms with Gasteiger partial charge in [0, 0.05) is 42.3 Å². The topological polar surface area (TPSA) is 32.8 Å². The van der Waals surface area contributed by atoms with Crippen molar-refractivity contribution < 1.29 is 18.3 Å². The van der Waals surface area contributed by atoms with Crippen LogP contribution >= 0.6 is 11.6 Å². The quantitative estimate of drug-likeness (QED) is 0.475. The lowest BCUT2D eigenvalue weighted by molar-refractivity contribution is 0.0626. The number of piperazine rings is 1. The van der Waals surface area contributed by atoms with Gasteiger partial charge in [0.1, 0.15) is 23.1 Å². The van der Waals surface area contributed by atoms with Gasteiger partial charge in [-0.05, 0) is 79.1 Å². The molecule has 2 bridgehead atoms. The Hall–Kier alpha value is -2.96. The molecule has 4 nitrogen and oxygen atoms in total. The summed E-state index contributed by atoms with van der Waals surface area (Å²) in [5.41, 5.74) is 1.57. The summed E-state index contributed by atoms with van der Waals surface area (Å²) in [5.74, 6) is 0.507. The maximum Gasteiger partial charge on any atom is 0.254 e. The molecule has 2 fully saturated rings. The van der Waals surface area contributed by atoms with Gasteiger partial charge in [0.2, 0.25) is 0 Å². The summed E-state index contributed by atoms with van der Waals surface area (Å²) in [6.07, 6.45) is 1.72. The zero-order valence-electron chi connectivity index (χ0n) is 17.9. The highest BCUT2D eigenvalue weighted by Gasteiger charge is 2.44. The number of fused-ring (bicyclic) bond motifs is 2. The fourth-order valence-corrected chi connectivity index (χ4v) is 4.99. The van der Waals surface area contributed by atoms with E-state index in [9.17, 15) is 13.6 Å². The first-order valence-electron chi connectivity index (χ1n) is 11.0. The number of rotatable bonds is 6. The molecular weight excluding hydrogens is 446 g/mol. The van der Waals surface area contributed by atoms with Crippen LogP contribution in [0.1, 0.15) is 22.3 Å². The van der Waals surface area contributed by atoms with Crippen LogP contribution in [0.3, 0.4) is 0 Å². The van der Waals surface area contributed by atoms with Crippen molar-refractivity contribution in [1.29, 1.82) is 0 Å². The van der Waals surface area contributed by atoms with E-state index in [2.05, 4.69) is 4.90 Å². The zero-order valence-corrected chi connectivity index (χ0v) is 18.6. The van der Waals surface area contributed by atoms with E-state index in [1.165, 1.54) is 24.3 Å². The van der Waals surface area contributed by atoms with Gasteiger partial charge in [0.25, 0.3) is 5.91 Å². The minimum Gasteiger partial charge on any atom is -0.457 e. The molecule has 2 aliphatic heterocycles. The van der Waals surface area contributed by atoms with Crippen LogP contribution in [0.2, 0.25) is 5.02 Å². The van der Waals surface area contributed by atoms with E-state index in [1.807, 2.05) is 4.90 Å². The van der Waals surface area contributed by atoms with Crippen LogP contribution in [0.25, 0.3) is 0 Å². The van der Waals surface area contributed by atoms with E-state index < -0.39 is 0 Å². The Bertz CT molecular complexity index is 1150. The molecule has 0 spiro atoms. The molecule has 0 radical (unpaired) electrons. The van der Waals surface area contributed by atoms with Crippen molar-refractivity contribution in [2.75, 3.05) is 19.6 Å². The first-order chi connectivity index (χ1) is 16.0. The monoisotopic (exact) mass is 468 g/mol. The smallest absolute Gasteiger partial charge is 0.254 e. The fraction of sp³-hybridized carbons (Fsp3) is 0.269. The maximum atomic E-state index is 13.3. The molecule has 0 aromatic heterocycles. The Morgan fingerprint density at radius 2 is 1.58 bits per heavy atom. The predicted molar refractivity (Wildman–Crippen MR) is 123 cm³/mol. The van der Waals surface area contributed by atoms with Crippen molar-refractivity contribution in [3.63, 3.8) is 0 Å².